The summed E-state index contributed by atoms with van der Waals surface area (Å²) in [7, 11) is -2.67. The summed E-state index contributed by atoms with van der Waals surface area (Å²) in [4.78, 5) is 24.9. The molecule has 10 heteroatoms. The number of hydrogen-bond donors (Lipinski definition) is 2. The summed E-state index contributed by atoms with van der Waals surface area (Å²) >= 11 is 0. The smallest absolute Gasteiger partial charge is 0.281 e. The molecule has 1 amide bonds. The molecule has 0 radical (unpaired) electrons. The number of ether oxygens (including phenoxy) is 1. The molecule has 1 atom stereocenters. The molecule has 41 heavy (non-hydrogen) atoms. The van der Waals surface area contributed by atoms with Gasteiger partial charge in [0.1, 0.15) is 17.4 Å². The highest BCUT2D eigenvalue weighted by Crippen LogP contribution is 2.39. The highest BCUT2D eigenvalue weighted by atomic mass is 32.2. The number of amides is 1. The Morgan fingerprint density at radius 1 is 1.15 bits per heavy atom. The molecule has 1 aliphatic heterocycles. The number of hydrogen-bond acceptors (Lipinski definition) is 8. The van der Waals surface area contributed by atoms with E-state index < -0.39 is 15.9 Å². The van der Waals surface area contributed by atoms with Crippen molar-refractivity contribution >= 4 is 39.7 Å². The minimum absolute atomic E-state index is 0. The lowest BCUT2D eigenvalue weighted by Crippen LogP contribution is -2.41. The van der Waals surface area contributed by atoms with Crippen LogP contribution in [0.2, 0.25) is 0 Å². The van der Waals surface area contributed by atoms with Crippen LogP contribution >= 0.6 is 0 Å². The molecule has 222 valence electrons. The van der Waals surface area contributed by atoms with Gasteiger partial charge in [0.2, 0.25) is 0 Å². The van der Waals surface area contributed by atoms with E-state index >= 15 is 0 Å². The molecule has 1 fully saturated rings. The van der Waals surface area contributed by atoms with Gasteiger partial charge in [-0.3, -0.25) is 4.79 Å². The average molecular weight is 582 g/mol. The second kappa shape index (κ2) is 11.2. The quantitative estimate of drug-likeness (QED) is 0.360. The van der Waals surface area contributed by atoms with Crippen molar-refractivity contribution in [2.75, 3.05) is 24.3 Å². The van der Waals surface area contributed by atoms with Crippen molar-refractivity contribution in [2.45, 2.75) is 63.9 Å². The predicted octanol–water partition coefficient (Wildman–Crippen LogP) is 5.77. The van der Waals surface area contributed by atoms with Crippen molar-refractivity contribution in [1.82, 2.24) is 14.7 Å². The molecule has 3 heterocycles. The van der Waals surface area contributed by atoms with E-state index in [-0.39, 0.29) is 30.2 Å². The van der Waals surface area contributed by atoms with Gasteiger partial charge in [-0.2, -0.15) is 8.42 Å². The van der Waals surface area contributed by atoms with E-state index in [4.69, 9.17) is 15.5 Å². The van der Waals surface area contributed by atoms with E-state index in [1.54, 1.807) is 13.2 Å². The molecule has 1 aliphatic rings. The first-order chi connectivity index (χ1) is 19.1. The summed E-state index contributed by atoms with van der Waals surface area (Å²) in [6.07, 6.45) is 4.75. The van der Waals surface area contributed by atoms with Gasteiger partial charge in [0.15, 0.2) is 5.03 Å². The van der Waals surface area contributed by atoms with E-state index in [0.29, 0.717) is 23.8 Å². The van der Waals surface area contributed by atoms with Crippen LogP contribution in [-0.4, -0.2) is 43.5 Å². The van der Waals surface area contributed by atoms with Crippen molar-refractivity contribution in [3.8, 4) is 5.75 Å². The molecule has 1 aromatic carbocycles. The van der Waals surface area contributed by atoms with Crippen molar-refractivity contribution < 1.29 is 20.8 Å². The fourth-order valence-electron chi connectivity index (χ4n) is 5.29. The van der Waals surface area contributed by atoms with Gasteiger partial charge in [-0.05, 0) is 67.6 Å². The fraction of sp³-hybridized carbons (Fsp3) is 0.387. The topological polar surface area (TPSA) is 128 Å². The zero-order valence-corrected chi connectivity index (χ0v) is 25.5. The summed E-state index contributed by atoms with van der Waals surface area (Å²) in [5, 5.41) is -0.332. The lowest BCUT2D eigenvalue weighted by atomic mass is 9.87. The number of sulfonamides is 1. The molecular formula is C31H43N5O4S. The third kappa shape index (κ3) is 6.70. The van der Waals surface area contributed by atoms with Crippen LogP contribution in [0.15, 0.2) is 53.6 Å². The van der Waals surface area contributed by atoms with E-state index in [0.717, 1.165) is 23.4 Å². The second-order valence-corrected chi connectivity index (χ2v) is 13.9. The Bertz CT molecular complexity index is 1590. The Morgan fingerprint density at radius 2 is 1.83 bits per heavy atom. The number of pyridine rings is 2. The molecule has 3 N–H and O–H groups in total. The Kier molecular flexibility index (Phi) is 8.18. The van der Waals surface area contributed by atoms with E-state index in [1.807, 2.05) is 36.4 Å². The molecule has 1 saturated heterocycles. The van der Waals surface area contributed by atoms with Crippen LogP contribution in [0.3, 0.4) is 0 Å². The molecule has 0 aliphatic carbocycles. The van der Waals surface area contributed by atoms with Crippen molar-refractivity contribution in [3.05, 3.63) is 70.9 Å². The number of carbonyl (C=O) groups excluding carboxylic acids is 1. The summed E-state index contributed by atoms with van der Waals surface area (Å²) in [5.41, 5.74) is 7.67. The number of nitrogen functional groups attached to an aromatic ring is 1. The van der Waals surface area contributed by atoms with E-state index in [1.165, 1.54) is 18.2 Å². The molecule has 0 bridgehead atoms. The Balaban J connectivity index is 0.00000323. The maximum atomic E-state index is 13.8. The first-order valence-corrected chi connectivity index (χ1v) is 15.0. The number of carbonyl (C=O) groups is 1. The summed E-state index contributed by atoms with van der Waals surface area (Å²) in [5.74, 6) is 0.832. The lowest BCUT2D eigenvalue weighted by Gasteiger charge is -2.35. The molecule has 2 aromatic heterocycles. The van der Waals surface area contributed by atoms with Gasteiger partial charge in [0.25, 0.3) is 15.9 Å². The van der Waals surface area contributed by atoms with Gasteiger partial charge < -0.3 is 15.4 Å². The SMILES string of the molecule is COc1ccc(/C=C/c2cc(C(=O)NS(=O)(=O)c3cccc(N)n3)c(N3C[C@@H](C)CC3(C)C)nc2C(C)(C)C)cc1.[HH].[HH]. The molecule has 9 nitrogen and oxygen atoms in total. The number of anilines is 2. The largest absolute Gasteiger partial charge is 0.497 e. The Morgan fingerprint density at radius 3 is 2.39 bits per heavy atom. The zero-order valence-electron chi connectivity index (χ0n) is 24.7. The molecular weight excluding hydrogens is 538 g/mol. The van der Waals surface area contributed by atoms with E-state index in [9.17, 15) is 13.2 Å². The van der Waals surface area contributed by atoms with Crippen molar-refractivity contribution in [3.63, 3.8) is 0 Å². The zero-order chi connectivity index (χ0) is 30.2. The standard InChI is InChI=1S/C31H39N5O4S.2H2/c1-20-18-31(5,6)36(19-20)28-24(29(37)35-41(38,39)26-10-8-9-25(32)33-26)17-22(27(34-28)30(2,3)4)14-11-21-12-15-23(40-7)16-13-21;;/h8-17,20H,18-19H2,1-7H3,(H2,32,33)(H,35,37);2*1H/b14-11+;;/t20-;;/m0../s1. The van der Waals surface area contributed by atoms with Crippen LogP contribution < -0.4 is 20.1 Å². The minimum atomic E-state index is -4.29. The predicted molar refractivity (Wildman–Crippen MR) is 168 cm³/mol. The maximum absolute atomic E-state index is 13.8. The van der Waals surface area contributed by atoms with Gasteiger partial charge in [0.05, 0.1) is 18.4 Å². The summed E-state index contributed by atoms with van der Waals surface area (Å²) in [6, 6.07) is 13.6. The second-order valence-electron chi connectivity index (χ2n) is 12.2. The lowest BCUT2D eigenvalue weighted by molar-refractivity contribution is 0.0981. The van der Waals surface area contributed by atoms with Gasteiger partial charge in [0, 0.05) is 20.4 Å². The van der Waals surface area contributed by atoms with Crippen LogP contribution in [0.4, 0.5) is 11.6 Å². The fourth-order valence-corrected chi connectivity index (χ4v) is 6.23. The van der Waals surface area contributed by atoms with Crippen LogP contribution in [0.5, 0.6) is 5.75 Å². The normalized spacial score (nSPS) is 17.1. The third-order valence-corrected chi connectivity index (χ3v) is 8.37. The Labute approximate surface area is 245 Å². The number of rotatable bonds is 7. The van der Waals surface area contributed by atoms with Crippen LogP contribution in [0, 0.1) is 5.92 Å². The molecule has 0 unspecified atom stereocenters. The number of nitrogens with two attached hydrogens (primary N) is 1. The maximum Gasteiger partial charge on any atom is 0.281 e. The summed E-state index contributed by atoms with van der Waals surface area (Å²) in [6.45, 7) is 13.3. The Hall–Kier alpha value is -3.92. The van der Waals surface area contributed by atoms with E-state index in [2.05, 4.69) is 56.1 Å². The van der Waals surface area contributed by atoms with Crippen LogP contribution in [0.1, 0.15) is 78.0 Å². The minimum Gasteiger partial charge on any atom is -0.497 e. The van der Waals surface area contributed by atoms with Crippen molar-refractivity contribution in [1.29, 1.82) is 0 Å². The van der Waals surface area contributed by atoms with Gasteiger partial charge in [-0.15, -0.1) is 0 Å². The number of nitrogens with zero attached hydrogens (tertiary/aromatic N) is 3. The molecule has 0 saturated carbocycles. The van der Waals surface area contributed by atoms with Crippen LogP contribution in [0.25, 0.3) is 12.2 Å². The first kappa shape index (κ1) is 30.0. The molecule has 0 spiro atoms. The van der Waals surface area contributed by atoms with Gasteiger partial charge in [-0.25, -0.2) is 14.7 Å². The first-order valence-electron chi connectivity index (χ1n) is 13.6. The number of nitrogens with one attached hydrogen (secondary N) is 1. The molecule has 3 aromatic rings. The van der Waals surface area contributed by atoms with Gasteiger partial charge in [-0.1, -0.05) is 58.0 Å². The van der Waals surface area contributed by atoms with Gasteiger partial charge >= 0.3 is 0 Å². The summed E-state index contributed by atoms with van der Waals surface area (Å²) < 4.78 is 33.8. The number of methoxy groups -OCH3 is 1. The number of aromatic nitrogens is 2. The number of benzene rings is 1. The van der Waals surface area contributed by atoms with Crippen LogP contribution in [-0.2, 0) is 15.4 Å². The third-order valence-electron chi connectivity index (χ3n) is 7.13. The highest BCUT2D eigenvalue weighted by Gasteiger charge is 2.40. The molecule has 4 rings (SSSR count). The van der Waals surface area contributed by atoms with Crippen molar-refractivity contribution in [2.24, 2.45) is 5.92 Å². The highest BCUT2D eigenvalue weighted by molar-refractivity contribution is 7.90. The monoisotopic (exact) mass is 581 g/mol. The average Bonchev–Trinajstić information content (AvgIpc) is 3.17.